The van der Waals surface area contributed by atoms with Gasteiger partial charge in [0.2, 0.25) is 0 Å². The van der Waals surface area contributed by atoms with E-state index in [-0.39, 0.29) is 5.37 Å². The van der Waals surface area contributed by atoms with Crippen LogP contribution in [0.25, 0.3) is 0 Å². The van der Waals surface area contributed by atoms with Crippen LogP contribution in [0, 0.1) is 6.92 Å². The second kappa shape index (κ2) is 6.06. The van der Waals surface area contributed by atoms with E-state index in [1.807, 2.05) is 24.3 Å². The summed E-state index contributed by atoms with van der Waals surface area (Å²) in [6, 6.07) is 8.01. The van der Waals surface area contributed by atoms with E-state index in [2.05, 4.69) is 38.9 Å². The summed E-state index contributed by atoms with van der Waals surface area (Å²) >= 11 is 9.21. The Labute approximate surface area is 145 Å². The summed E-state index contributed by atoms with van der Waals surface area (Å²) in [5.74, 6) is -0.114. The lowest BCUT2D eigenvalue weighted by Gasteiger charge is -2.20. The third-order valence-corrected chi connectivity index (χ3v) is 5.52. The Bertz CT molecular complexity index is 786. The molecule has 2 aromatic rings. The van der Waals surface area contributed by atoms with Crippen LogP contribution in [-0.2, 0) is 6.42 Å². The van der Waals surface area contributed by atoms with Crippen LogP contribution < -0.4 is 5.32 Å². The van der Waals surface area contributed by atoms with Crippen molar-refractivity contribution in [3.63, 3.8) is 0 Å². The van der Waals surface area contributed by atoms with Crippen LogP contribution in [-0.4, -0.2) is 16.9 Å². The number of hydrogen-bond donors (Lipinski definition) is 3. The van der Waals surface area contributed by atoms with Gasteiger partial charge in [-0.25, -0.2) is 4.79 Å². The molecule has 1 unspecified atom stereocenters. The third-order valence-electron chi connectivity index (χ3n) is 3.44. The Morgan fingerprint density at radius 3 is 3.00 bits per heavy atom. The molecule has 22 heavy (non-hydrogen) atoms. The maximum absolute atomic E-state index is 11.3. The highest BCUT2D eigenvalue weighted by atomic mass is 79.9. The molecule has 0 spiro atoms. The van der Waals surface area contributed by atoms with Gasteiger partial charge in [0.05, 0.1) is 0 Å². The van der Waals surface area contributed by atoms with Gasteiger partial charge in [-0.1, -0.05) is 28.1 Å². The van der Waals surface area contributed by atoms with Gasteiger partial charge in [0.15, 0.2) is 0 Å². The number of aromatic carboxylic acids is 1. The highest BCUT2D eigenvalue weighted by molar-refractivity contribution is 9.10. The van der Waals surface area contributed by atoms with Crippen molar-refractivity contribution in [3.05, 3.63) is 50.3 Å². The molecule has 0 aliphatic carbocycles. The molecular weight excluding hydrogens is 384 g/mol. The zero-order valence-corrected chi connectivity index (χ0v) is 14.9. The molecule has 1 aromatic heterocycles. The largest absolute Gasteiger partial charge is 0.477 e. The average molecular weight is 397 g/mol. The lowest BCUT2D eigenvalue weighted by atomic mass is 10.1. The predicted molar refractivity (Wildman–Crippen MR) is 96.6 cm³/mol. The van der Waals surface area contributed by atoms with E-state index >= 15 is 0 Å². The number of benzene rings is 1. The Balaban J connectivity index is 1.89. The highest BCUT2D eigenvalue weighted by Gasteiger charge is 2.27. The van der Waals surface area contributed by atoms with Gasteiger partial charge in [-0.05, 0) is 30.2 Å². The lowest BCUT2D eigenvalue weighted by Crippen LogP contribution is -2.20. The minimum atomic E-state index is -0.909. The molecule has 114 valence electrons. The van der Waals surface area contributed by atoms with E-state index < -0.39 is 5.97 Å². The zero-order valence-electron chi connectivity index (χ0n) is 11.6. The highest BCUT2D eigenvalue weighted by Crippen LogP contribution is 2.42. The second-order valence-electron chi connectivity index (χ2n) is 4.99. The first-order valence-corrected chi connectivity index (χ1v) is 8.71. The van der Waals surface area contributed by atoms with E-state index in [9.17, 15) is 9.90 Å². The fourth-order valence-electron chi connectivity index (χ4n) is 2.44. The number of fused-ring (bicyclic) bond motifs is 1. The minimum absolute atomic E-state index is 0.331. The molecule has 1 aromatic carbocycles. The van der Waals surface area contributed by atoms with Crippen molar-refractivity contribution in [2.45, 2.75) is 18.7 Å². The van der Waals surface area contributed by atoms with Crippen molar-refractivity contribution in [2.24, 2.45) is 4.99 Å². The van der Waals surface area contributed by atoms with Gasteiger partial charge >= 0.3 is 5.97 Å². The number of carboxylic acid groups (broad SMARTS) is 1. The van der Waals surface area contributed by atoms with E-state index in [0.717, 1.165) is 32.0 Å². The molecule has 1 aliphatic rings. The third kappa shape index (κ3) is 2.93. The molecule has 1 aliphatic heterocycles. The predicted octanol–water partition coefficient (Wildman–Crippen LogP) is 4.51. The fourth-order valence-corrected chi connectivity index (χ4v) is 4.53. The Morgan fingerprint density at radius 1 is 1.55 bits per heavy atom. The first-order chi connectivity index (χ1) is 10.5. The number of aliphatic imine (C=N–C) groups is 1. The van der Waals surface area contributed by atoms with Crippen LogP contribution in [0.1, 0.15) is 31.7 Å². The summed E-state index contributed by atoms with van der Waals surface area (Å²) in [6.45, 7) is 1.80. The van der Waals surface area contributed by atoms with Crippen LogP contribution in [0.3, 0.4) is 0 Å². The van der Waals surface area contributed by atoms with Gasteiger partial charge in [-0.3, -0.25) is 4.99 Å². The van der Waals surface area contributed by atoms with Crippen LogP contribution >= 0.6 is 39.9 Å². The molecule has 1 atom stereocenters. The Kier molecular flexibility index (Phi) is 4.29. The van der Waals surface area contributed by atoms with Gasteiger partial charge in [0, 0.05) is 16.5 Å². The van der Waals surface area contributed by atoms with Gasteiger partial charge in [0.25, 0.3) is 0 Å². The van der Waals surface area contributed by atoms with Crippen LogP contribution in [0.4, 0.5) is 5.00 Å². The van der Waals surface area contributed by atoms with Gasteiger partial charge in [-0.2, -0.15) is 0 Å². The Morgan fingerprint density at radius 2 is 2.32 bits per heavy atom. The molecule has 7 heteroatoms. The normalized spacial score (nSPS) is 16.7. The SMILES string of the molecule is Cc1c(C(=O)O)sc2c1C(S)N=C(Cc1cccc(Br)c1)N2. The number of nitrogens with zero attached hydrogens (tertiary/aromatic N) is 1. The molecule has 0 bridgehead atoms. The van der Waals surface area contributed by atoms with Crippen molar-refractivity contribution in [1.29, 1.82) is 0 Å². The maximum atomic E-state index is 11.3. The van der Waals surface area contributed by atoms with Crippen LogP contribution in [0.5, 0.6) is 0 Å². The van der Waals surface area contributed by atoms with Crippen molar-refractivity contribution in [1.82, 2.24) is 0 Å². The summed E-state index contributed by atoms with van der Waals surface area (Å²) in [5.41, 5.74) is 2.73. The number of halogens is 1. The summed E-state index contributed by atoms with van der Waals surface area (Å²) in [7, 11) is 0. The van der Waals surface area contributed by atoms with Crippen LogP contribution in [0.2, 0.25) is 0 Å². The smallest absolute Gasteiger partial charge is 0.346 e. The monoisotopic (exact) mass is 396 g/mol. The molecule has 2 N–H and O–H groups in total. The van der Waals surface area contributed by atoms with E-state index in [1.54, 1.807) is 6.92 Å². The van der Waals surface area contributed by atoms with Crippen molar-refractivity contribution >= 4 is 56.7 Å². The van der Waals surface area contributed by atoms with Gasteiger partial charge < -0.3 is 10.4 Å². The van der Waals surface area contributed by atoms with Crippen molar-refractivity contribution in [3.8, 4) is 0 Å². The summed E-state index contributed by atoms with van der Waals surface area (Å²) in [4.78, 5) is 16.2. The van der Waals surface area contributed by atoms with E-state index in [1.165, 1.54) is 11.3 Å². The molecule has 0 saturated heterocycles. The number of amidine groups is 1. The number of hydrogen-bond acceptors (Lipinski definition) is 5. The number of anilines is 1. The molecule has 0 fully saturated rings. The van der Waals surface area contributed by atoms with Crippen molar-refractivity contribution in [2.75, 3.05) is 5.32 Å². The van der Waals surface area contributed by atoms with Crippen molar-refractivity contribution < 1.29 is 9.90 Å². The summed E-state index contributed by atoms with van der Waals surface area (Å²) in [6.07, 6.45) is 0.648. The maximum Gasteiger partial charge on any atom is 0.346 e. The van der Waals surface area contributed by atoms with Gasteiger partial charge in [-0.15, -0.1) is 24.0 Å². The van der Waals surface area contributed by atoms with Gasteiger partial charge in [0.1, 0.15) is 21.1 Å². The summed E-state index contributed by atoms with van der Waals surface area (Å²) in [5, 5.41) is 13.0. The molecule has 4 nitrogen and oxygen atoms in total. The minimum Gasteiger partial charge on any atom is -0.477 e. The van der Waals surface area contributed by atoms with Crippen LogP contribution in [0.15, 0.2) is 33.7 Å². The lowest BCUT2D eigenvalue weighted by molar-refractivity contribution is 0.0701. The number of thiophene rings is 1. The molecule has 0 amide bonds. The standard InChI is InChI=1S/C15H13BrN2O2S2/c1-7-11-13(21)17-10(6-8-3-2-4-9(16)5-8)18-14(11)22-12(7)15(19)20/h2-5,13,21H,6H2,1H3,(H,17,18)(H,19,20). The first kappa shape index (κ1) is 15.6. The number of thiol groups is 1. The summed E-state index contributed by atoms with van der Waals surface area (Å²) < 4.78 is 1.02. The topological polar surface area (TPSA) is 61.7 Å². The van der Waals surface area contributed by atoms with E-state index in [4.69, 9.17) is 0 Å². The number of nitrogens with one attached hydrogen (secondary N) is 1. The first-order valence-electron chi connectivity index (χ1n) is 6.58. The van der Waals surface area contributed by atoms with E-state index in [0.29, 0.717) is 11.3 Å². The molecule has 0 saturated carbocycles. The molecular formula is C15H13BrN2O2S2. The average Bonchev–Trinajstić information content (AvgIpc) is 2.76. The Hall–Kier alpha value is -1.31. The fraction of sp³-hybridized carbons (Fsp3) is 0.200. The molecule has 0 radical (unpaired) electrons. The zero-order chi connectivity index (χ0) is 15.9. The second-order valence-corrected chi connectivity index (χ2v) is 7.41. The number of rotatable bonds is 3. The number of carbonyl (C=O) groups is 1. The molecule has 3 rings (SSSR count). The molecule has 2 heterocycles. The number of carboxylic acids is 1. The quantitative estimate of drug-likeness (QED) is 0.668.